The van der Waals surface area contributed by atoms with Crippen LogP contribution in [0.4, 0.5) is 4.79 Å². The molecule has 0 saturated carbocycles. The Kier molecular flexibility index (Phi) is 4.68. The van der Waals surface area contributed by atoms with Crippen LogP contribution in [0.25, 0.3) is 0 Å². The molecule has 0 bridgehead atoms. The van der Waals surface area contributed by atoms with Crippen molar-refractivity contribution in [1.29, 1.82) is 0 Å². The van der Waals surface area contributed by atoms with Crippen molar-refractivity contribution in [3.63, 3.8) is 0 Å². The molecule has 0 heterocycles. The monoisotopic (exact) mass is 267 g/mol. The summed E-state index contributed by atoms with van der Waals surface area (Å²) in [7, 11) is 3.36. The zero-order valence-corrected chi connectivity index (χ0v) is 12.5. The minimum absolute atomic E-state index is 0.0740. The highest BCUT2D eigenvalue weighted by Gasteiger charge is 2.17. The van der Waals surface area contributed by atoms with Crippen LogP contribution in [-0.2, 0) is 12.0 Å². The zero-order chi connectivity index (χ0) is 13.9. The number of rotatable bonds is 3. The minimum Gasteiger partial charge on any atom is -0.496 e. The third kappa shape index (κ3) is 3.67. The van der Waals surface area contributed by atoms with E-state index in [0.717, 1.165) is 11.3 Å². The molecule has 1 aromatic carbocycles. The van der Waals surface area contributed by atoms with Gasteiger partial charge in [0.05, 0.1) is 7.11 Å². The smallest absolute Gasteiger partial charge is 0.278 e. The lowest BCUT2D eigenvalue weighted by atomic mass is 9.86. The molecule has 1 aromatic rings. The van der Waals surface area contributed by atoms with Gasteiger partial charge in [-0.2, -0.15) is 0 Å². The van der Waals surface area contributed by atoms with Crippen molar-refractivity contribution < 1.29 is 9.53 Å². The molecule has 18 heavy (non-hydrogen) atoms. The Morgan fingerprint density at radius 3 is 2.44 bits per heavy atom. The van der Waals surface area contributed by atoms with E-state index in [4.69, 9.17) is 4.74 Å². The van der Waals surface area contributed by atoms with Crippen molar-refractivity contribution in [1.82, 2.24) is 4.90 Å². The molecule has 100 valence electrons. The van der Waals surface area contributed by atoms with E-state index in [2.05, 4.69) is 45.5 Å². The Balaban J connectivity index is 3.10. The predicted octanol–water partition coefficient (Wildman–Crippen LogP) is 3.47. The minimum atomic E-state index is -0.252. The van der Waals surface area contributed by atoms with Gasteiger partial charge in [0.15, 0.2) is 0 Å². The lowest BCUT2D eigenvalue weighted by Crippen LogP contribution is -2.21. The molecule has 0 atom stereocenters. The molecule has 0 aliphatic carbocycles. The normalized spacial score (nSPS) is 11.2. The molecule has 0 N–H and O–H groups in total. The van der Waals surface area contributed by atoms with Crippen LogP contribution in [0.3, 0.4) is 0 Å². The lowest BCUT2D eigenvalue weighted by Gasteiger charge is -2.22. The molecular formula is C14H21NO2S. The molecule has 0 saturated heterocycles. The molecule has 0 spiro atoms. The van der Waals surface area contributed by atoms with Gasteiger partial charge in [-0.05, 0) is 23.1 Å². The molecule has 0 radical (unpaired) electrons. The first-order valence-corrected chi connectivity index (χ1v) is 6.32. The summed E-state index contributed by atoms with van der Waals surface area (Å²) in [6.07, 6.45) is 0. The van der Waals surface area contributed by atoms with Crippen molar-refractivity contribution >= 4 is 17.9 Å². The van der Waals surface area contributed by atoms with E-state index in [-0.39, 0.29) is 10.7 Å². The van der Waals surface area contributed by atoms with Crippen LogP contribution in [0.15, 0.2) is 18.2 Å². The number of carbonyl (C=O) groups is 1. The van der Waals surface area contributed by atoms with Gasteiger partial charge in [0, 0.05) is 19.2 Å². The molecule has 4 heteroatoms. The lowest BCUT2D eigenvalue weighted by molar-refractivity contribution is 0.231. The second-order valence-electron chi connectivity index (χ2n) is 5.42. The predicted molar refractivity (Wildman–Crippen MR) is 77.5 cm³/mol. The van der Waals surface area contributed by atoms with Crippen molar-refractivity contribution in [3.05, 3.63) is 29.3 Å². The van der Waals surface area contributed by atoms with Crippen LogP contribution >= 0.6 is 12.6 Å². The number of methoxy groups -OCH3 is 1. The van der Waals surface area contributed by atoms with E-state index in [1.807, 2.05) is 6.07 Å². The van der Waals surface area contributed by atoms with E-state index >= 15 is 0 Å². The molecular weight excluding hydrogens is 246 g/mol. The Morgan fingerprint density at radius 2 is 2.00 bits per heavy atom. The van der Waals surface area contributed by atoms with Crippen LogP contribution < -0.4 is 4.74 Å². The fourth-order valence-electron chi connectivity index (χ4n) is 1.69. The summed E-state index contributed by atoms with van der Waals surface area (Å²) in [6, 6.07) is 6.10. The van der Waals surface area contributed by atoms with Crippen LogP contribution in [0.2, 0.25) is 0 Å². The third-order valence-corrected chi connectivity index (χ3v) is 3.22. The Morgan fingerprint density at radius 1 is 1.39 bits per heavy atom. The van der Waals surface area contributed by atoms with E-state index in [9.17, 15) is 4.79 Å². The summed E-state index contributed by atoms with van der Waals surface area (Å²) in [5, 5.41) is -0.252. The SMILES string of the molecule is COc1ccc(C(C)(C)C)cc1CN(C)C(=O)S. The van der Waals surface area contributed by atoms with Crippen LogP contribution in [0.5, 0.6) is 5.75 Å². The highest BCUT2D eigenvalue weighted by molar-refractivity contribution is 7.96. The Hall–Kier alpha value is -1.16. The molecule has 3 nitrogen and oxygen atoms in total. The highest BCUT2D eigenvalue weighted by atomic mass is 32.1. The number of hydrogen-bond donors (Lipinski definition) is 1. The number of amides is 1. The summed E-state index contributed by atoms with van der Waals surface area (Å²) < 4.78 is 5.33. The molecule has 0 unspecified atom stereocenters. The maximum Gasteiger partial charge on any atom is 0.278 e. The number of carbonyl (C=O) groups excluding carboxylic acids is 1. The average molecular weight is 267 g/mol. The van der Waals surface area contributed by atoms with Crippen LogP contribution in [0.1, 0.15) is 31.9 Å². The first-order chi connectivity index (χ1) is 8.25. The number of benzene rings is 1. The van der Waals surface area contributed by atoms with Crippen LogP contribution in [-0.4, -0.2) is 24.3 Å². The molecule has 0 aliphatic heterocycles. The number of nitrogens with zero attached hydrogens (tertiary/aromatic N) is 1. The molecule has 0 aromatic heterocycles. The fraction of sp³-hybridized carbons (Fsp3) is 0.500. The van der Waals surface area contributed by atoms with Gasteiger partial charge in [0.25, 0.3) is 5.24 Å². The second kappa shape index (κ2) is 5.65. The first kappa shape index (κ1) is 14.9. The van der Waals surface area contributed by atoms with Gasteiger partial charge < -0.3 is 9.64 Å². The summed E-state index contributed by atoms with van der Waals surface area (Å²) in [5.74, 6) is 0.796. The Bertz CT molecular complexity index is 438. The standard InChI is InChI=1S/C14H21NO2S/c1-14(2,3)11-6-7-12(17-5)10(8-11)9-15(4)13(16)18/h6-8H,9H2,1-5H3,(H,16,18). The van der Waals surface area contributed by atoms with Gasteiger partial charge >= 0.3 is 0 Å². The van der Waals surface area contributed by atoms with Crippen LogP contribution in [0, 0.1) is 0 Å². The van der Waals surface area contributed by atoms with Crippen molar-refractivity contribution in [2.75, 3.05) is 14.2 Å². The Labute approximate surface area is 115 Å². The summed E-state index contributed by atoms with van der Waals surface area (Å²) >= 11 is 3.82. The number of hydrogen-bond acceptors (Lipinski definition) is 2. The molecule has 0 aliphatic rings. The summed E-state index contributed by atoms with van der Waals surface area (Å²) in [5.41, 5.74) is 2.29. The van der Waals surface area contributed by atoms with E-state index in [1.165, 1.54) is 5.56 Å². The quantitative estimate of drug-likeness (QED) is 0.850. The van der Waals surface area contributed by atoms with Gasteiger partial charge in [-0.1, -0.05) is 39.5 Å². The van der Waals surface area contributed by atoms with Gasteiger partial charge in [-0.25, -0.2) is 0 Å². The average Bonchev–Trinajstić information content (AvgIpc) is 2.27. The fourth-order valence-corrected chi connectivity index (χ4v) is 1.76. The highest BCUT2D eigenvalue weighted by Crippen LogP contribution is 2.28. The van der Waals surface area contributed by atoms with Crippen molar-refractivity contribution in [2.45, 2.75) is 32.7 Å². The van der Waals surface area contributed by atoms with E-state index < -0.39 is 0 Å². The van der Waals surface area contributed by atoms with Gasteiger partial charge in [0.1, 0.15) is 5.75 Å². The second-order valence-corrected chi connectivity index (χ2v) is 5.80. The maximum absolute atomic E-state index is 11.2. The van der Waals surface area contributed by atoms with Gasteiger partial charge in [-0.15, -0.1) is 0 Å². The van der Waals surface area contributed by atoms with Gasteiger partial charge in [-0.3, -0.25) is 4.79 Å². The zero-order valence-electron chi connectivity index (χ0n) is 11.7. The molecule has 1 amide bonds. The summed E-state index contributed by atoms with van der Waals surface area (Å²) in [6.45, 7) is 6.97. The molecule has 0 fully saturated rings. The third-order valence-electron chi connectivity index (χ3n) is 2.88. The number of thiol groups is 1. The largest absolute Gasteiger partial charge is 0.496 e. The van der Waals surface area contributed by atoms with Crippen molar-refractivity contribution in [2.24, 2.45) is 0 Å². The summed E-state index contributed by atoms with van der Waals surface area (Å²) in [4.78, 5) is 12.7. The van der Waals surface area contributed by atoms with Gasteiger partial charge in [0.2, 0.25) is 0 Å². The first-order valence-electron chi connectivity index (χ1n) is 5.87. The van der Waals surface area contributed by atoms with Crippen molar-refractivity contribution in [3.8, 4) is 5.75 Å². The topological polar surface area (TPSA) is 29.5 Å². The van der Waals surface area contributed by atoms with E-state index in [0.29, 0.717) is 6.54 Å². The molecule has 1 rings (SSSR count). The number of ether oxygens (including phenoxy) is 1. The maximum atomic E-state index is 11.2. The van der Waals surface area contributed by atoms with E-state index in [1.54, 1.807) is 19.1 Å².